The zero-order valence-electron chi connectivity index (χ0n) is 14.1. The summed E-state index contributed by atoms with van der Waals surface area (Å²) in [5.41, 5.74) is 1.76. The molecule has 25 heavy (non-hydrogen) atoms. The van der Waals surface area contributed by atoms with Gasteiger partial charge >= 0.3 is 0 Å². The molecule has 1 saturated carbocycles. The first-order valence-electron chi connectivity index (χ1n) is 8.15. The van der Waals surface area contributed by atoms with E-state index in [1.807, 2.05) is 30.5 Å². The molecule has 1 aromatic carbocycles. The number of aromatic nitrogens is 3. The Morgan fingerprint density at radius 2 is 2.00 bits per heavy atom. The van der Waals surface area contributed by atoms with Gasteiger partial charge in [-0.25, -0.2) is 0 Å². The number of hydrogen-bond donors (Lipinski definition) is 2. The van der Waals surface area contributed by atoms with E-state index >= 15 is 0 Å². The minimum absolute atomic E-state index is 0.0849. The van der Waals surface area contributed by atoms with Crippen molar-refractivity contribution in [1.82, 2.24) is 14.8 Å². The Morgan fingerprint density at radius 1 is 1.20 bits per heavy atom. The van der Waals surface area contributed by atoms with Crippen molar-refractivity contribution in [1.29, 1.82) is 0 Å². The van der Waals surface area contributed by atoms with Crippen molar-refractivity contribution in [2.45, 2.75) is 24.6 Å². The van der Waals surface area contributed by atoms with Crippen molar-refractivity contribution >= 4 is 16.6 Å². The Labute approximate surface area is 145 Å². The minimum atomic E-state index is -0.403. The maximum absolute atomic E-state index is 10.1. The lowest BCUT2D eigenvalue weighted by molar-refractivity contribution is 0.0134. The van der Waals surface area contributed by atoms with E-state index in [0.717, 1.165) is 16.6 Å². The quantitative estimate of drug-likeness (QED) is 0.741. The number of benzene rings is 1. The second-order valence-corrected chi connectivity index (χ2v) is 6.11. The highest BCUT2D eigenvalue weighted by Crippen LogP contribution is 2.38. The molecule has 2 heterocycles. The van der Waals surface area contributed by atoms with Crippen molar-refractivity contribution in [2.75, 3.05) is 19.5 Å². The third-order valence-corrected chi connectivity index (χ3v) is 4.72. The number of methoxy groups -OCH3 is 2. The summed E-state index contributed by atoms with van der Waals surface area (Å²) < 4.78 is 12.6. The normalized spacial score (nSPS) is 22.4. The molecule has 0 radical (unpaired) electrons. The van der Waals surface area contributed by atoms with E-state index in [9.17, 15) is 5.11 Å². The van der Waals surface area contributed by atoms with Gasteiger partial charge in [0.05, 0.1) is 37.9 Å². The van der Waals surface area contributed by atoms with Crippen LogP contribution in [0.15, 0.2) is 42.9 Å². The predicted molar refractivity (Wildman–Crippen MR) is 94.1 cm³/mol. The number of nitrogens with zero attached hydrogens (tertiary/aromatic N) is 3. The molecule has 0 amide bonds. The van der Waals surface area contributed by atoms with Crippen LogP contribution in [0.2, 0.25) is 0 Å². The first-order chi connectivity index (χ1) is 12.2. The van der Waals surface area contributed by atoms with Crippen LogP contribution in [-0.2, 0) is 0 Å². The lowest BCUT2D eigenvalue weighted by Gasteiger charge is -2.42. The number of pyridine rings is 1. The van der Waals surface area contributed by atoms with Crippen LogP contribution < -0.4 is 14.8 Å². The lowest BCUT2D eigenvalue weighted by Crippen LogP contribution is -2.51. The van der Waals surface area contributed by atoms with E-state index in [1.165, 1.54) is 0 Å². The second-order valence-electron chi connectivity index (χ2n) is 6.11. The number of ether oxygens (including phenoxy) is 2. The lowest BCUT2D eigenvalue weighted by atomic mass is 9.82. The molecular weight excluding hydrogens is 320 g/mol. The van der Waals surface area contributed by atoms with E-state index in [2.05, 4.69) is 15.4 Å². The fourth-order valence-electron chi connectivity index (χ4n) is 3.37. The molecule has 3 aromatic rings. The highest BCUT2D eigenvalue weighted by molar-refractivity contribution is 5.93. The third-order valence-electron chi connectivity index (χ3n) is 4.72. The Morgan fingerprint density at radius 3 is 2.68 bits per heavy atom. The zero-order chi connectivity index (χ0) is 17.4. The zero-order valence-corrected chi connectivity index (χ0v) is 14.1. The van der Waals surface area contributed by atoms with Gasteiger partial charge in [-0.3, -0.25) is 9.67 Å². The van der Waals surface area contributed by atoms with Crippen molar-refractivity contribution < 1.29 is 14.6 Å². The van der Waals surface area contributed by atoms with Gasteiger partial charge in [-0.05, 0) is 24.6 Å². The van der Waals surface area contributed by atoms with E-state index < -0.39 is 6.10 Å². The number of anilines is 1. The summed E-state index contributed by atoms with van der Waals surface area (Å²) >= 11 is 0. The first kappa shape index (κ1) is 15.7. The van der Waals surface area contributed by atoms with Crippen molar-refractivity contribution in [3.8, 4) is 11.5 Å². The number of fused-ring (bicyclic) bond motifs is 1. The van der Waals surface area contributed by atoms with Gasteiger partial charge in [-0.15, -0.1) is 0 Å². The number of nitrogens with one attached hydrogen (secondary N) is 1. The van der Waals surface area contributed by atoms with Gasteiger partial charge in [-0.2, -0.15) is 5.10 Å². The highest BCUT2D eigenvalue weighted by Gasteiger charge is 2.41. The molecule has 1 fully saturated rings. The Hall–Kier alpha value is -2.80. The molecule has 2 N–H and O–H groups in total. The molecule has 1 aliphatic carbocycles. The van der Waals surface area contributed by atoms with Gasteiger partial charge in [0, 0.05) is 35.7 Å². The molecular formula is C18H20N4O3. The Balaban J connectivity index is 1.67. The monoisotopic (exact) mass is 340 g/mol. The molecule has 2 aromatic heterocycles. The van der Waals surface area contributed by atoms with E-state index in [0.29, 0.717) is 17.9 Å². The summed E-state index contributed by atoms with van der Waals surface area (Å²) in [6, 6.07) is 7.58. The molecule has 3 atom stereocenters. The van der Waals surface area contributed by atoms with Crippen LogP contribution in [-0.4, -0.2) is 46.2 Å². The summed E-state index contributed by atoms with van der Waals surface area (Å²) in [6.07, 6.45) is 5.62. The fraction of sp³-hybridized carbons (Fsp3) is 0.333. The van der Waals surface area contributed by atoms with Gasteiger partial charge in [0.15, 0.2) is 11.5 Å². The van der Waals surface area contributed by atoms with Gasteiger partial charge < -0.3 is 19.9 Å². The van der Waals surface area contributed by atoms with Crippen LogP contribution in [0, 0.1) is 0 Å². The van der Waals surface area contributed by atoms with Crippen LogP contribution in [0.1, 0.15) is 12.5 Å². The largest absolute Gasteiger partial charge is 0.493 e. The third kappa shape index (κ3) is 2.66. The average molecular weight is 340 g/mol. The number of aliphatic hydroxyl groups is 1. The molecule has 4 rings (SSSR count). The maximum Gasteiger partial charge on any atom is 0.162 e. The van der Waals surface area contributed by atoms with Gasteiger partial charge in [0.2, 0.25) is 0 Å². The van der Waals surface area contributed by atoms with Crippen LogP contribution in [0.4, 0.5) is 5.69 Å². The minimum Gasteiger partial charge on any atom is -0.493 e. The Bertz CT molecular complexity index is 881. The predicted octanol–water partition coefficient (Wildman–Crippen LogP) is 2.23. The molecule has 130 valence electrons. The second kappa shape index (κ2) is 6.25. The van der Waals surface area contributed by atoms with Gasteiger partial charge in [0.1, 0.15) is 0 Å². The molecule has 0 saturated heterocycles. The highest BCUT2D eigenvalue weighted by atomic mass is 16.5. The molecule has 0 aliphatic heterocycles. The number of aliphatic hydroxyl groups excluding tert-OH is 1. The molecule has 7 nitrogen and oxygen atoms in total. The SMILES string of the molecule is COc1cc2nccc(N[C@H]3C[C@@H](O)[C@@H]3n3cccn3)c2cc1OC. The standard InChI is InChI=1S/C18H20N4O3/c1-24-16-8-11-12(4-6-19-13(11)10-17(16)25-2)21-14-9-15(23)18(14)22-7-3-5-20-22/h3-8,10,14-15,18,23H,9H2,1-2H3,(H,19,21)/t14-,15+,18+/m0/s1. The van der Waals surface area contributed by atoms with Crippen LogP contribution in [0.3, 0.4) is 0 Å². The van der Waals surface area contributed by atoms with Crippen molar-refractivity contribution in [2.24, 2.45) is 0 Å². The first-order valence-corrected chi connectivity index (χ1v) is 8.15. The summed E-state index contributed by atoms with van der Waals surface area (Å²) in [7, 11) is 3.22. The summed E-state index contributed by atoms with van der Waals surface area (Å²) in [5.74, 6) is 1.30. The van der Waals surface area contributed by atoms with Crippen molar-refractivity contribution in [3.05, 3.63) is 42.9 Å². The summed E-state index contributed by atoms with van der Waals surface area (Å²) in [6.45, 7) is 0. The molecule has 1 aliphatic rings. The Kier molecular flexibility index (Phi) is 3.93. The number of hydrogen-bond acceptors (Lipinski definition) is 6. The molecule has 7 heteroatoms. The van der Waals surface area contributed by atoms with Gasteiger partial charge in [-0.1, -0.05) is 0 Å². The van der Waals surface area contributed by atoms with Crippen LogP contribution in [0.5, 0.6) is 11.5 Å². The maximum atomic E-state index is 10.1. The van der Waals surface area contributed by atoms with Crippen LogP contribution in [0.25, 0.3) is 10.9 Å². The topological polar surface area (TPSA) is 81.4 Å². The molecule has 0 bridgehead atoms. The average Bonchev–Trinajstić information content (AvgIpc) is 3.13. The fourth-order valence-corrected chi connectivity index (χ4v) is 3.37. The van der Waals surface area contributed by atoms with E-state index in [1.54, 1.807) is 31.3 Å². The molecule has 0 spiro atoms. The summed E-state index contributed by atoms with van der Waals surface area (Å²) in [5, 5.41) is 18.9. The van der Waals surface area contributed by atoms with E-state index in [4.69, 9.17) is 9.47 Å². The van der Waals surface area contributed by atoms with Crippen molar-refractivity contribution in [3.63, 3.8) is 0 Å². The van der Waals surface area contributed by atoms with Crippen LogP contribution >= 0.6 is 0 Å². The molecule has 0 unspecified atom stereocenters. The van der Waals surface area contributed by atoms with Gasteiger partial charge in [0.25, 0.3) is 0 Å². The number of rotatable bonds is 5. The van der Waals surface area contributed by atoms with E-state index in [-0.39, 0.29) is 12.1 Å². The smallest absolute Gasteiger partial charge is 0.162 e. The summed E-state index contributed by atoms with van der Waals surface area (Å²) in [4.78, 5) is 4.42.